The lowest BCUT2D eigenvalue weighted by Crippen LogP contribution is -2.41. The Morgan fingerprint density at radius 1 is 1.22 bits per heavy atom. The van der Waals surface area contributed by atoms with Gasteiger partial charge in [0.25, 0.3) is 0 Å². The number of hydrogen-bond donors (Lipinski definition) is 2. The molecule has 0 heterocycles. The molecule has 3 N–H and O–H groups in total. The van der Waals surface area contributed by atoms with E-state index in [1.807, 2.05) is 36.4 Å². The van der Waals surface area contributed by atoms with E-state index in [2.05, 4.69) is 5.43 Å². The van der Waals surface area contributed by atoms with Gasteiger partial charge in [0.1, 0.15) is 5.75 Å². The molecule has 18 heavy (non-hydrogen) atoms. The van der Waals surface area contributed by atoms with Gasteiger partial charge in [0.05, 0.1) is 7.11 Å². The van der Waals surface area contributed by atoms with E-state index in [0.29, 0.717) is 0 Å². The van der Waals surface area contributed by atoms with Crippen molar-refractivity contribution in [2.45, 2.75) is 0 Å². The van der Waals surface area contributed by atoms with E-state index in [1.54, 1.807) is 14.2 Å². The van der Waals surface area contributed by atoms with Crippen LogP contribution in [0.25, 0.3) is 10.8 Å². The lowest BCUT2D eigenvalue weighted by atomic mass is 10.1. The summed E-state index contributed by atoms with van der Waals surface area (Å²) in [5.41, 5.74) is 2.87. The normalized spacial score (nSPS) is 10.2. The van der Waals surface area contributed by atoms with Crippen molar-refractivity contribution in [2.75, 3.05) is 19.1 Å². The highest BCUT2D eigenvalue weighted by atomic mass is 16.5. The molecule has 2 aromatic carbocycles. The number of nitrogens with zero attached hydrogens (tertiary/aromatic N) is 1. The number of rotatable bonds is 2. The van der Waals surface area contributed by atoms with Crippen LogP contribution < -0.4 is 20.9 Å². The minimum absolute atomic E-state index is 0.358. The number of anilines is 1. The van der Waals surface area contributed by atoms with Crippen molar-refractivity contribution >= 4 is 22.5 Å². The van der Waals surface area contributed by atoms with Gasteiger partial charge in [-0.05, 0) is 35.0 Å². The second-order valence-corrected chi connectivity index (χ2v) is 3.91. The molecule has 0 spiro atoms. The second kappa shape index (κ2) is 4.93. The maximum absolute atomic E-state index is 11.4. The predicted octanol–water partition coefficient (Wildman–Crippen LogP) is 1.87. The number of methoxy groups -OCH3 is 1. The van der Waals surface area contributed by atoms with Crippen molar-refractivity contribution in [1.82, 2.24) is 5.43 Å². The van der Waals surface area contributed by atoms with Gasteiger partial charge in [-0.1, -0.05) is 12.1 Å². The molecule has 0 aromatic heterocycles. The zero-order valence-corrected chi connectivity index (χ0v) is 10.3. The molecule has 0 aliphatic heterocycles. The van der Waals surface area contributed by atoms with E-state index in [-0.39, 0.29) is 6.03 Å². The van der Waals surface area contributed by atoms with Crippen molar-refractivity contribution < 1.29 is 9.53 Å². The Kier molecular flexibility index (Phi) is 3.34. The lowest BCUT2D eigenvalue weighted by Gasteiger charge is -2.17. The van der Waals surface area contributed by atoms with E-state index in [4.69, 9.17) is 10.6 Å². The predicted molar refractivity (Wildman–Crippen MR) is 71.6 cm³/mol. The molecule has 0 aliphatic rings. The molecule has 0 atom stereocenters. The van der Waals surface area contributed by atoms with Crippen LogP contribution in [-0.4, -0.2) is 20.2 Å². The summed E-state index contributed by atoms with van der Waals surface area (Å²) in [6.07, 6.45) is 0. The molecule has 0 aliphatic carbocycles. The Morgan fingerprint density at radius 3 is 2.56 bits per heavy atom. The van der Waals surface area contributed by atoms with Gasteiger partial charge in [-0.3, -0.25) is 10.3 Å². The zero-order chi connectivity index (χ0) is 13.1. The third-order valence-corrected chi connectivity index (χ3v) is 2.85. The van der Waals surface area contributed by atoms with Gasteiger partial charge in [-0.2, -0.15) is 0 Å². The summed E-state index contributed by atoms with van der Waals surface area (Å²) in [6, 6.07) is 11.1. The minimum Gasteiger partial charge on any atom is -0.497 e. The first kappa shape index (κ1) is 12.2. The summed E-state index contributed by atoms with van der Waals surface area (Å²) in [5.74, 6) is 5.91. The molecule has 0 unspecified atom stereocenters. The van der Waals surface area contributed by atoms with Gasteiger partial charge >= 0.3 is 6.03 Å². The molecular formula is C13H15N3O2. The molecule has 94 valence electrons. The monoisotopic (exact) mass is 245 g/mol. The number of nitrogens with two attached hydrogens (primary N) is 1. The van der Waals surface area contributed by atoms with Gasteiger partial charge in [-0.15, -0.1) is 0 Å². The van der Waals surface area contributed by atoms with Gasteiger partial charge < -0.3 is 4.74 Å². The Labute approximate surface area is 105 Å². The van der Waals surface area contributed by atoms with E-state index in [0.717, 1.165) is 22.2 Å². The molecule has 0 radical (unpaired) electrons. The fraction of sp³-hybridized carbons (Fsp3) is 0.154. The maximum atomic E-state index is 11.4. The van der Waals surface area contributed by atoms with Crippen LogP contribution in [0.5, 0.6) is 5.75 Å². The number of fused-ring (bicyclic) bond motifs is 1. The van der Waals surface area contributed by atoms with Crippen molar-refractivity contribution in [3.05, 3.63) is 36.4 Å². The second-order valence-electron chi connectivity index (χ2n) is 3.91. The lowest BCUT2D eigenvalue weighted by molar-refractivity contribution is 0.248. The largest absolute Gasteiger partial charge is 0.497 e. The average Bonchev–Trinajstić information content (AvgIpc) is 2.44. The number of amides is 2. The zero-order valence-electron chi connectivity index (χ0n) is 10.3. The van der Waals surface area contributed by atoms with Crippen LogP contribution in [0.3, 0.4) is 0 Å². The van der Waals surface area contributed by atoms with Gasteiger partial charge in [0.15, 0.2) is 0 Å². The third kappa shape index (κ3) is 2.21. The highest BCUT2D eigenvalue weighted by Crippen LogP contribution is 2.25. The van der Waals surface area contributed by atoms with Crippen LogP contribution in [0, 0.1) is 0 Å². The number of benzene rings is 2. The Bertz CT molecular complexity index is 583. The highest BCUT2D eigenvalue weighted by Gasteiger charge is 2.09. The Balaban J connectivity index is 2.42. The van der Waals surface area contributed by atoms with Crippen LogP contribution in [0.2, 0.25) is 0 Å². The summed E-state index contributed by atoms with van der Waals surface area (Å²) in [5, 5.41) is 2.09. The van der Waals surface area contributed by atoms with Gasteiger partial charge in [0.2, 0.25) is 0 Å². The summed E-state index contributed by atoms with van der Waals surface area (Å²) >= 11 is 0. The van der Waals surface area contributed by atoms with Gasteiger partial charge in [-0.25, -0.2) is 10.6 Å². The number of hydrazine groups is 1. The first-order valence-electron chi connectivity index (χ1n) is 5.48. The first-order chi connectivity index (χ1) is 8.65. The molecule has 0 saturated carbocycles. The molecule has 0 saturated heterocycles. The fourth-order valence-corrected chi connectivity index (χ4v) is 1.76. The number of urea groups is 1. The topological polar surface area (TPSA) is 67.6 Å². The molecule has 5 nitrogen and oxygen atoms in total. The van der Waals surface area contributed by atoms with Crippen molar-refractivity contribution in [3.63, 3.8) is 0 Å². The standard InChI is InChI=1S/C13H15N3O2/c1-16(13(17)15-14)11-5-3-10-8-12(18-2)6-4-9(10)7-11/h3-8H,14H2,1-2H3,(H,15,17). The van der Waals surface area contributed by atoms with Crippen LogP contribution in [-0.2, 0) is 0 Å². The summed E-state index contributed by atoms with van der Waals surface area (Å²) in [6.45, 7) is 0. The molecule has 2 aromatic rings. The highest BCUT2D eigenvalue weighted by molar-refractivity contribution is 5.95. The maximum Gasteiger partial charge on any atom is 0.335 e. The van der Waals surface area contributed by atoms with E-state index < -0.39 is 0 Å². The van der Waals surface area contributed by atoms with E-state index in [9.17, 15) is 4.79 Å². The quantitative estimate of drug-likeness (QED) is 0.482. The fourth-order valence-electron chi connectivity index (χ4n) is 1.76. The SMILES string of the molecule is COc1ccc2cc(N(C)C(=O)NN)ccc2c1. The molecule has 2 amide bonds. The molecule has 0 fully saturated rings. The number of hydrogen-bond acceptors (Lipinski definition) is 3. The van der Waals surface area contributed by atoms with Crippen LogP contribution >= 0.6 is 0 Å². The first-order valence-corrected chi connectivity index (χ1v) is 5.48. The van der Waals surface area contributed by atoms with Gasteiger partial charge in [0, 0.05) is 12.7 Å². The molecule has 5 heteroatoms. The average molecular weight is 245 g/mol. The minimum atomic E-state index is -0.358. The Morgan fingerprint density at radius 2 is 1.89 bits per heavy atom. The summed E-state index contributed by atoms with van der Waals surface area (Å²) in [4.78, 5) is 12.9. The van der Waals surface area contributed by atoms with E-state index in [1.165, 1.54) is 4.90 Å². The van der Waals surface area contributed by atoms with Crippen molar-refractivity contribution in [3.8, 4) is 5.75 Å². The number of nitrogens with one attached hydrogen (secondary N) is 1. The van der Waals surface area contributed by atoms with Crippen molar-refractivity contribution in [1.29, 1.82) is 0 Å². The molecule has 0 bridgehead atoms. The molecular weight excluding hydrogens is 230 g/mol. The smallest absolute Gasteiger partial charge is 0.335 e. The van der Waals surface area contributed by atoms with E-state index >= 15 is 0 Å². The summed E-state index contributed by atoms with van der Waals surface area (Å²) in [7, 11) is 3.29. The summed E-state index contributed by atoms with van der Waals surface area (Å²) < 4.78 is 5.16. The van der Waals surface area contributed by atoms with Crippen LogP contribution in [0.4, 0.5) is 10.5 Å². The number of ether oxygens (including phenoxy) is 1. The Hall–Kier alpha value is -2.27. The van der Waals surface area contributed by atoms with Crippen LogP contribution in [0.1, 0.15) is 0 Å². The third-order valence-electron chi connectivity index (χ3n) is 2.85. The van der Waals surface area contributed by atoms with Crippen LogP contribution in [0.15, 0.2) is 36.4 Å². The number of carbonyl (C=O) groups excluding carboxylic acids is 1. The van der Waals surface area contributed by atoms with Crippen molar-refractivity contribution in [2.24, 2.45) is 5.84 Å². The molecule has 2 rings (SSSR count). The number of carbonyl (C=O) groups is 1.